The van der Waals surface area contributed by atoms with Gasteiger partial charge in [-0.05, 0) is 23.3 Å². The summed E-state index contributed by atoms with van der Waals surface area (Å²) in [7, 11) is 2.28. The Morgan fingerprint density at radius 1 is 0.938 bits per heavy atom. The number of likely N-dealkylation sites (tertiary alicyclic amines) is 1. The molecule has 32 heavy (non-hydrogen) atoms. The number of benzene rings is 2. The van der Waals surface area contributed by atoms with E-state index in [9.17, 15) is 4.79 Å². The van der Waals surface area contributed by atoms with E-state index in [0.29, 0.717) is 6.61 Å². The first-order valence-electron chi connectivity index (χ1n) is 11.9. The molecule has 0 aliphatic carbocycles. The van der Waals surface area contributed by atoms with Gasteiger partial charge in [0.1, 0.15) is 13.2 Å². The third-order valence-corrected chi connectivity index (χ3v) is 8.04. The average molecular weight is 568 g/mol. The summed E-state index contributed by atoms with van der Waals surface area (Å²) in [5.41, 5.74) is 2.02. The molecule has 1 heterocycles. The van der Waals surface area contributed by atoms with Gasteiger partial charge in [0.25, 0.3) is 0 Å². The predicted molar refractivity (Wildman–Crippen MR) is 131 cm³/mol. The van der Waals surface area contributed by atoms with Crippen LogP contribution in [-0.2, 0) is 14.3 Å². The largest absolute Gasteiger partial charge is 1.00 e. The fourth-order valence-electron chi connectivity index (χ4n) is 4.51. The summed E-state index contributed by atoms with van der Waals surface area (Å²) < 4.78 is 6.24. The fourth-order valence-corrected chi connectivity index (χ4v) is 5.95. The highest BCUT2D eigenvalue weighted by Crippen LogP contribution is 2.44. The zero-order chi connectivity index (χ0) is 22.0. The molecule has 1 saturated heterocycles. The smallest absolute Gasteiger partial charge is 0.331 e. The zero-order valence-corrected chi connectivity index (χ0v) is 22.6. The highest BCUT2D eigenvalue weighted by atomic mass is 127. The lowest BCUT2D eigenvalue weighted by Crippen LogP contribution is -3.00. The van der Waals surface area contributed by atoms with E-state index in [1.165, 1.54) is 45.2 Å². The summed E-state index contributed by atoms with van der Waals surface area (Å²) in [6.07, 6.45) is 7.32. The van der Waals surface area contributed by atoms with E-state index in [0.717, 1.165) is 34.3 Å². The molecule has 3 rings (SSSR count). The van der Waals surface area contributed by atoms with Gasteiger partial charge in [0.05, 0.1) is 20.1 Å². The van der Waals surface area contributed by atoms with Crippen molar-refractivity contribution < 1.29 is 38.0 Å². The molecular formula is C27H38INO2S. The van der Waals surface area contributed by atoms with E-state index < -0.39 is 4.75 Å². The minimum atomic E-state index is -0.821. The highest BCUT2D eigenvalue weighted by molar-refractivity contribution is 8.01. The average Bonchev–Trinajstić information content (AvgIpc) is 3.24. The van der Waals surface area contributed by atoms with Gasteiger partial charge in [0, 0.05) is 12.8 Å². The van der Waals surface area contributed by atoms with E-state index in [1.807, 2.05) is 36.4 Å². The van der Waals surface area contributed by atoms with Crippen molar-refractivity contribution in [1.29, 1.82) is 0 Å². The second kappa shape index (κ2) is 13.6. The molecule has 0 aromatic heterocycles. The lowest BCUT2D eigenvalue weighted by molar-refractivity contribution is -0.897. The first-order chi connectivity index (χ1) is 15.1. The number of carbonyl (C=O) groups is 1. The van der Waals surface area contributed by atoms with Crippen molar-refractivity contribution in [3.63, 3.8) is 0 Å². The lowest BCUT2D eigenvalue weighted by atomic mass is 9.90. The van der Waals surface area contributed by atoms with Crippen molar-refractivity contribution in [2.75, 3.05) is 39.0 Å². The normalized spacial score (nSPS) is 15.2. The number of rotatable bonds is 12. The van der Waals surface area contributed by atoms with Crippen molar-refractivity contribution in [3.05, 3.63) is 71.8 Å². The maximum atomic E-state index is 13.8. The molecule has 1 aliphatic rings. The monoisotopic (exact) mass is 567 g/mol. The van der Waals surface area contributed by atoms with E-state index >= 15 is 0 Å². The number of carbonyl (C=O) groups excluding carboxylic acids is 1. The minimum Gasteiger partial charge on any atom is -1.00 e. The molecule has 0 atom stereocenters. The number of quaternary nitrogens is 1. The van der Waals surface area contributed by atoms with Gasteiger partial charge in [0.2, 0.25) is 0 Å². The molecular weight excluding hydrogens is 529 g/mol. The Morgan fingerprint density at radius 3 is 2.03 bits per heavy atom. The number of nitrogens with zero attached hydrogens (tertiary/aromatic N) is 1. The van der Waals surface area contributed by atoms with Gasteiger partial charge in [-0.25, -0.2) is 4.79 Å². The number of hydrogen-bond acceptors (Lipinski definition) is 3. The summed E-state index contributed by atoms with van der Waals surface area (Å²) in [5.74, 6) is 0.809. The SMILES string of the molecule is CCCCCCSC(C(=O)OCC[N+]1(C)CCCC1)(c1ccccc1)c1ccccc1.[I-]. The fraction of sp³-hybridized carbons (Fsp3) is 0.519. The molecule has 0 spiro atoms. The molecule has 176 valence electrons. The van der Waals surface area contributed by atoms with Crippen molar-refractivity contribution in [3.8, 4) is 0 Å². The number of esters is 1. The Bertz CT molecular complexity index is 754. The quantitative estimate of drug-likeness (QED) is 0.171. The second-order valence-electron chi connectivity index (χ2n) is 8.96. The maximum absolute atomic E-state index is 13.8. The first-order valence-corrected chi connectivity index (χ1v) is 12.8. The van der Waals surface area contributed by atoms with Crippen LogP contribution in [0.3, 0.4) is 0 Å². The van der Waals surface area contributed by atoms with Crippen LogP contribution in [0.25, 0.3) is 0 Å². The number of hydrogen-bond donors (Lipinski definition) is 0. The van der Waals surface area contributed by atoms with Crippen LogP contribution in [0.4, 0.5) is 0 Å². The van der Waals surface area contributed by atoms with E-state index in [4.69, 9.17) is 4.74 Å². The third-order valence-electron chi connectivity index (χ3n) is 6.47. The van der Waals surface area contributed by atoms with Gasteiger partial charge in [-0.3, -0.25) is 0 Å². The van der Waals surface area contributed by atoms with Gasteiger partial charge in [0.15, 0.2) is 4.75 Å². The Balaban J connectivity index is 0.00000363. The zero-order valence-electron chi connectivity index (χ0n) is 19.6. The van der Waals surface area contributed by atoms with Gasteiger partial charge >= 0.3 is 5.97 Å². The summed E-state index contributed by atoms with van der Waals surface area (Å²) in [5, 5.41) is 0. The van der Waals surface area contributed by atoms with Crippen molar-refractivity contribution >= 4 is 17.7 Å². The number of unbranched alkanes of at least 4 members (excludes halogenated alkanes) is 3. The number of likely N-dealkylation sites (N-methyl/N-ethyl adjacent to an activating group) is 1. The summed E-state index contributed by atoms with van der Waals surface area (Å²) in [4.78, 5) is 13.8. The van der Waals surface area contributed by atoms with Crippen LogP contribution in [0.1, 0.15) is 56.6 Å². The van der Waals surface area contributed by atoms with Gasteiger partial charge in [-0.2, -0.15) is 0 Å². The molecule has 0 radical (unpaired) electrons. The van der Waals surface area contributed by atoms with Crippen molar-refractivity contribution in [1.82, 2.24) is 0 Å². The van der Waals surface area contributed by atoms with Crippen LogP contribution in [0.2, 0.25) is 0 Å². The van der Waals surface area contributed by atoms with E-state index in [2.05, 4.69) is 38.2 Å². The van der Waals surface area contributed by atoms with Gasteiger partial charge in [-0.1, -0.05) is 86.8 Å². The highest BCUT2D eigenvalue weighted by Gasteiger charge is 2.44. The Hall–Kier alpha value is -1.05. The Morgan fingerprint density at radius 2 is 1.50 bits per heavy atom. The van der Waals surface area contributed by atoms with Gasteiger partial charge < -0.3 is 33.2 Å². The van der Waals surface area contributed by atoms with Crippen LogP contribution in [-0.4, -0.2) is 49.5 Å². The van der Waals surface area contributed by atoms with Crippen LogP contribution >= 0.6 is 11.8 Å². The molecule has 2 aromatic carbocycles. The number of halogens is 1. The number of thioether (sulfide) groups is 1. The predicted octanol–water partition coefficient (Wildman–Crippen LogP) is 3.03. The molecule has 3 nitrogen and oxygen atoms in total. The molecule has 1 fully saturated rings. The molecule has 0 bridgehead atoms. The molecule has 0 amide bonds. The summed E-state index contributed by atoms with van der Waals surface area (Å²) in [6, 6.07) is 20.4. The van der Waals surface area contributed by atoms with Crippen LogP contribution in [0, 0.1) is 0 Å². The lowest BCUT2D eigenvalue weighted by Gasteiger charge is -2.33. The molecule has 5 heteroatoms. The number of ether oxygens (including phenoxy) is 1. The molecule has 0 saturated carbocycles. The van der Waals surface area contributed by atoms with Crippen LogP contribution < -0.4 is 24.0 Å². The molecule has 0 N–H and O–H groups in total. The standard InChI is InChI=1S/C27H38NO2S.HI/c1-3-4-5-14-23-31-27(24-15-8-6-9-16-24,25-17-10-7-11-18-25)26(29)30-22-21-28(2)19-12-13-20-28;/h6-11,15-18H,3-5,12-14,19-23H2,1-2H3;1H/q+1;/p-1. The van der Waals surface area contributed by atoms with Crippen molar-refractivity contribution in [2.24, 2.45) is 0 Å². The van der Waals surface area contributed by atoms with Crippen LogP contribution in [0.15, 0.2) is 60.7 Å². The van der Waals surface area contributed by atoms with E-state index in [-0.39, 0.29) is 29.9 Å². The Kier molecular flexibility index (Phi) is 11.6. The Labute approximate surface area is 215 Å². The topological polar surface area (TPSA) is 26.3 Å². The van der Waals surface area contributed by atoms with Crippen molar-refractivity contribution in [2.45, 2.75) is 50.2 Å². The summed E-state index contributed by atoms with van der Waals surface area (Å²) >= 11 is 1.74. The summed E-state index contributed by atoms with van der Waals surface area (Å²) in [6.45, 7) is 5.98. The molecule has 1 aliphatic heterocycles. The molecule has 0 unspecified atom stereocenters. The van der Waals surface area contributed by atoms with E-state index in [1.54, 1.807) is 11.8 Å². The van der Waals surface area contributed by atoms with Gasteiger partial charge in [-0.15, -0.1) is 11.8 Å². The minimum absolute atomic E-state index is 0. The molecule has 2 aromatic rings. The second-order valence-corrected chi connectivity index (χ2v) is 10.3. The maximum Gasteiger partial charge on any atom is 0.331 e. The third kappa shape index (κ3) is 6.97. The van der Waals surface area contributed by atoms with Crippen LogP contribution in [0.5, 0.6) is 0 Å². The first kappa shape index (κ1) is 27.2.